The Balaban J connectivity index is 1.89. The molecule has 2 amide bonds. The number of esters is 1. The number of fused-ring (bicyclic) bond motifs is 1. The lowest BCUT2D eigenvalue weighted by molar-refractivity contribution is -0.136. The SMILES string of the molecule is CC(C)COC(=O)C=Nc1ccc2c(c1)C(=O)N(CCCCCCCCO)C2=O. The molecule has 29 heavy (non-hydrogen) atoms. The van der Waals surface area contributed by atoms with Gasteiger partial charge in [0.2, 0.25) is 0 Å². The third-order valence-corrected chi connectivity index (χ3v) is 4.62. The number of carbonyl (C=O) groups excluding carboxylic acids is 3. The second kappa shape index (κ2) is 11.5. The second-order valence-electron chi connectivity index (χ2n) is 7.62. The molecule has 0 atom stereocenters. The summed E-state index contributed by atoms with van der Waals surface area (Å²) in [5, 5.41) is 8.77. The van der Waals surface area contributed by atoms with E-state index in [1.54, 1.807) is 12.1 Å². The van der Waals surface area contributed by atoms with Gasteiger partial charge in [-0.05, 0) is 37.0 Å². The molecule has 0 radical (unpaired) electrons. The number of benzene rings is 1. The van der Waals surface area contributed by atoms with Crippen molar-refractivity contribution in [3.8, 4) is 0 Å². The smallest absolute Gasteiger partial charge is 0.349 e. The summed E-state index contributed by atoms with van der Waals surface area (Å²) >= 11 is 0. The number of nitrogens with zero attached hydrogens (tertiary/aromatic N) is 2. The zero-order valence-electron chi connectivity index (χ0n) is 17.2. The molecule has 1 N–H and O–H groups in total. The zero-order valence-corrected chi connectivity index (χ0v) is 17.2. The lowest BCUT2D eigenvalue weighted by Gasteiger charge is -2.13. The van der Waals surface area contributed by atoms with Gasteiger partial charge in [0, 0.05) is 13.2 Å². The molecule has 0 aromatic heterocycles. The minimum Gasteiger partial charge on any atom is -0.461 e. The van der Waals surface area contributed by atoms with Gasteiger partial charge >= 0.3 is 5.97 Å². The summed E-state index contributed by atoms with van der Waals surface area (Å²) in [7, 11) is 0. The molecule has 1 aromatic rings. The molecule has 0 unspecified atom stereocenters. The largest absolute Gasteiger partial charge is 0.461 e. The van der Waals surface area contributed by atoms with E-state index in [2.05, 4.69) is 4.99 Å². The van der Waals surface area contributed by atoms with Crippen molar-refractivity contribution in [2.45, 2.75) is 52.4 Å². The summed E-state index contributed by atoms with van der Waals surface area (Å²) in [5.74, 6) is -0.897. The van der Waals surface area contributed by atoms with E-state index in [0.29, 0.717) is 30.0 Å². The highest BCUT2D eigenvalue weighted by atomic mass is 16.5. The standard InChI is InChI=1S/C22H30N2O5/c1-16(2)15-29-20(26)14-23-17-9-10-18-19(13-17)22(28)24(21(18)27)11-7-5-3-4-6-8-12-25/h9-10,13-14,16,25H,3-8,11-12,15H2,1-2H3. The topological polar surface area (TPSA) is 96.3 Å². The second-order valence-corrected chi connectivity index (χ2v) is 7.62. The number of unbranched alkanes of at least 4 members (excludes halogenated alkanes) is 5. The Labute approximate surface area is 171 Å². The van der Waals surface area contributed by atoms with Gasteiger partial charge in [-0.3, -0.25) is 14.5 Å². The summed E-state index contributed by atoms with van der Waals surface area (Å²) in [4.78, 5) is 42.1. The van der Waals surface area contributed by atoms with Crippen LogP contribution in [0, 0.1) is 5.92 Å². The van der Waals surface area contributed by atoms with Crippen molar-refractivity contribution in [3.05, 3.63) is 29.3 Å². The summed E-state index contributed by atoms with van der Waals surface area (Å²) < 4.78 is 5.03. The molecular weight excluding hydrogens is 372 g/mol. The quantitative estimate of drug-likeness (QED) is 0.250. The molecule has 1 aliphatic heterocycles. The summed E-state index contributed by atoms with van der Waals surface area (Å²) in [6.07, 6.45) is 6.67. The van der Waals surface area contributed by atoms with Gasteiger partial charge in [0.05, 0.1) is 23.4 Å². The van der Waals surface area contributed by atoms with Gasteiger partial charge < -0.3 is 9.84 Å². The van der Waals surface area contributed by atoms with Crippen LogP contribution in [0.3, 0.4) is 0 Å². The Hall–Kier alpha value is -2.54. The molecular formula is C22H30N2O5. The van der Waals surface area contributed by atoms with Crippen LogP contribution < -0.4 is 0 Å². The van der Waals surface area contributed by atoms with E-state index in [4.69, 9.17) is 9.84 Å². The predicted octanol–water partition coefficient (Wildman–Crippen LogP) is 3.52. The third-order valence-electron chi connectivity index (χ3n) is 4.62. The minimum absolute atomic E-state index is 0.222. The number of aliphatic hydroxyl groups is 1. The van der Waals surface area contributed by atoms with Gasteiger partial charge in [-0.1, -0.05) is 39.5 Å². The molecule has 0 bridgehead atoms. The summed E-state index contributed by atoms with van der Waals surface area (Å²) in [6.45, 7) is 4.82. The van der Waals surface area contributed by atoms with Crippen molar-refractivity contribution in [3.63, 3.8) is 0 Å². The average molecular weight is 402 g/mol. The van der Waals surface area contributed by atoms with Crippen LogP contribution in [-0.4, -0.2) is 53.8 Å². The van der Waals surface area contributed by atoms with E-state index in [0.717, 1.165) is 44.7 Å². The molecule has 7 nitrogen and oxygen atoms in total. The first-order chi connectivity index (χ1) is 13.9. The van der Waals surface area contributed by atoms with Crippen molar-refractivity contribution in [2.24, 2.45) is 10.9 Å². The number of aliphatic imine (C=N–C) groups is 1. The molecule has 1 aromatic carbocycles. The molecule has 2 rings (SSSR count). The van der Waals surface area contributed by atoms with E-state index < -0.39 is 5.97 Å². The van der Waals surface area contributed by atoms with Crippen molar-refractivity contribution in [1.29, 1.82) is 0 Å². The third kappa shape index (κ3) is 6.78. The maximum absolute atomic E-state index is 12.6. The average Bonchev–Trinajstić information content (AvgIpc) is 2.94. The highest BCUT2D eigenvalue weighted by molar-refractivity contribution is 6.24. The fraction of sp³-hybridized carbons (Fsp3) is 0.545. The molecule has 0 aliphatic carbocycles. The fourth-order valence-electron chi connectivity index (χ4n) is 3.06. The number of ether oxygens (including phenoxy) is 1. The van der Waals surface area contributed by atoms with Crippen molar-refractivity contribution in [2.75, 3.05) is 19.8 Å². The lowest BCUT2D eigenvalue weighted by Crippen LogP contribution is -2.30. The molecule has 0 saturated carbocycles. The van der Waals surface area contributed by atoms with Crippen LogP contribution >= 0.6 is 0 Å². The molecule has 0 spiro atoms. The number of carbonyl (C=O) groups is 3. The van der Waals surface area contributed by atoms with Crippen molar-refractivity contribution >= 4 is 29.7 Å². The van der Waals surface area contributed by atoms with E-state index in [-0.39, 0.29) is 24.3 Å². The van der Waals surface area contributed by atoms with E-state index in [9.17, 15) is 14.4 Å². The number of aliphatic hydroxyl groups excluding tert-OH is 1. The van der Waals surface area contributed by atoms with Crippen molar-refractivity contribution in [1.82, 2.24) is 4.90 Å². The summed E-state index contributed by atoms with van der Waals surface area (Å²) in [5.41, 5.74) is 1.12. The molecule has 7 heteroatoms. The highest BCUT2D eigenvalue weighted by Crippen LogP contribution is 2.27. The van der Waals surface area contributed by atoms with Gasteiger partial charge in [0.1, 0.15) is 6.21 Å². The number of hydrogen-bond donors (Lipinski definition) is 1. The van der Waals surface area contributed by atoms with Crippen LogP contribution in [0.4, 0.5) is 5.69 Å². The normalized spacial score (nSPS) is 13.6. The molecule has 1 aliphatic rings. The van der Waals surface area contributed by atoms with Crippen LogP contribution in [0.5, 0.6) is 0 Å². The molecule has 158 valence electrons. The Morgan fingerprint density at radius 2 is 1.72 bits per heavy atom. The number of hydrogen-bond acceptors (Lipinski definition) is 6. The van der Waals surface area contributed by atoms with Gasteiger partial charge in [0.25, 0.3) is 11.8 Å². The van der Waals surface area contributed by atoms with E-state index in [1.165, 1.54) is 11.0 Å². The first-order valence-corrected chi connectivity index (χ1v) is 10.3. The van der Waals surface area contributed by atoms with Gasteiger partial charge in [-0.25, -0.2) is 9.79 Å². The molecule has 0 fully saturated rings. The van der Waals surface area contributed by atoms with E-state index >= 15 is 0 Å². The first kappa shape index (κ1) is 22.7. The predicted molar refractivity (Wildman–Crippen MR) is 111 cm³/mol. The highest BCUT2D eigenvalue weighted by Gasteiger charge is 2.35. The van der Waals surface area contributed by atoms with Crippen LogP contribution in [0.1, 0.15) is 73.1 Å². The maximum atomic E-state index is 12.6. The minimum atomic E-state index is -0.540. The number of imide groups is 1. The van der Waals surface area contributed by atoms with Gasteiger partial charge in [-0.15, -0.1) is 0 Å². The Morgan fingerprint density at radius 1 is 1.07 bits per heavy atom. The van der Waals surface area contributed by atoms with Crippen LogP contribution in [0.2, 0.25) is 0 Å². The number of rotatable bonds is 12. The van der Waals surface area contributed by atoms with Crippen LogP contribution in [0.25, 0.3) is 0 Å². The Morgan fingerprint density at radius 3 is 2.41 bits per heavy atom. The van der Waals surface area contributed by atoms with Crippen LogP contribution in [-0.2, 0) is 9.53 Å². The van der Waals surface area contributed by atoms with Crippen LogP contribution in [0.15, 0.2) is 23.2 Å². The Bertz CT molecular complexity index is 758. The van der Waals surface area contributed by atoms with Crippen molar-refractivity contribution < 1.29 is 24.2 Å². The molecule has 0 saturated heterocycles. The first-order valence-electron chi connectivity index (χ1n) is 10.3. The number of amides is 2. The lowest BCUT2D eigenvalue weighted by atomic mass is 10.1. The maximum Gasteiger partial charge on any atom is 0.349 e. The van der Waals surface area contributed by atoms with Gasteiger partial charge in [0.15, 0.2) is 0 Å². The fourth-order valence-corrected chi connectivity index (χ4v) is 3.06. The summed E-state index contributed by atoms with van der Waals surface area (Å²) in [6, 6.07) is 4.73. The monoisotopic (exact) mass is 402 g/mol. The van der Waals surface area contributed by atoms with E-state index in [1.807, 2.05) is 13.8 Å². The van der Waals surface area contributed by atoms with Gasteiger partial charge in [-0.2, -0.15) is 0 Å². The molecule has 1 heterocycles. The Kier molecular flexibility index (Phi) is 8.99. The zero-order chi connectivity index (χ0) is 21.2.